The zero-order valence-corrected chi connectivity index (χ0v) is 16.1. The number of nitrogens with one attached hydrogen (secondary N) is 2. The molecule has 3 aliphatic rings. The van der Waals surface area contributed by atoms with Crippen LogP contribution in [0, 0.1) is 24.2 Å². The number of rotatable bonds is 2. The predicted octanol–water partition coefficient (Wildman–Crippen LogP) is 4.71. The molecule has 1 heterocycles. The summed E-state index contributed by atoms with van der Waals surface area (Å²) in [6.07, 6.45) is 9.58. The molecule has 0 radical (unpaired) electrons. The molecule has 1 aromatic carbocycles. The SMILES string of the molecule is Cc1cc(Cl)cc2c3c([nH]c12)CCC(NC(=O)[C@@]1(C)C[C@H]2C=C[C@@H]1C2)C3. The lowest BCUT2D eigenvalue weighted by Gasteiger charge is -2.33. The Bertz CT molecular complexity index is 943. The lowest BCUT2D eigenvalue weighted by molar-refractivity contribution is -0.132. The Morgan fingerprint density at radius 1 is 1.35 bits per heavy atom. The van der Waals surface area contributed by atoms with E-state index in [1.165, 1.54) is 27.7 Å². The number of halogens is 1. The first-order chi connectivity index (χ1) is 12.4. The molecule has 3 nitrogen and oxygen atoms in total. The maximum absolute atomic E-state index is 13.1. The Morgan fingerprint density at radius 2 is 2.19 bits per heavy atom. The van der Waals surface area contributed by atoms with E-state index in [4.69, 9.17) is 11.6 Å². The van der Waals surface area contributed by atoms with E-state index in [0.29, 0.717) is 11.8 Å². The molecule has 26 heavy (non-hydrogen) atoms. The summed E-state index contributed by atoms with van der Waals surface area (Å²) < 4.78 is 0. The minimum atomic E-state index is -0.222. The van der Waals surface area contributed by atoms with E-state index in [0.717, 1.165) is 37.1 Å². The van der Waals surface area contributed by atoms with Gasteiger partial charge in [0.25, 0.3) is 0 Å². The number of hydrogen-bond acceptors (Lipinski definition) is 1. The third kappa shape index (κ3) is 2.36. The highest BCUT2D eigenvalue weighted by atomic mass is 35.5. The summed E-state index contributed by atoms with van der Waals surface area (Å²) in [5, 5.41) is 5.39. The summed E-state index contributed by atoms with van der Waals surface area (Å²) in [6, 6.07) is 4.29. The van der Waals surface area contributed by atoms with Crippen LogP contribution in [0.25, 0.3) is 10.9 Å². The van der Waals surface area contributed by atoms with Crippen molar-refractivity contribution in [1.29, 1.82) is 0 Å². The van der Waals surface area contributed by atoms with Crippen LogP contribution in [0.15, 0.2) is 24.3 Å². The molecule has 5 rings (SSSR count). The quantitative estimate of drug-likeness (QED) is 0.741. The van der Waals surface area contributed by atoms with Crippen LogP contribution >= 0.6 is 11.6 Å². The molecular weight excluding hydrogens is 344 g/mol. The summed E-state index contributed by atoms with van der Waals surface area (Å²) in [5.74, 6) is 1.27. The van der Waals surface area contributed by atoms with Gasteiger partial charge in [-0.1, -0.05) is 30.7 Å². The number of H-pyrrole nitrogens is 1. The van der Waals surface area contributed by atoms with Gasteiger partial charge in [-0.3, -0.25) is 4.79 Å². The molecule has 136 valence electrons. The normalized spacial score (nSPS) is 32.2. The number of carbonyl (C=O) groups is 1. The number of hydrogen-bond donors (Lipinski definition) is 2. The van der Waals surface area contributed by atoms with Gasteiger partial charge in [-0.05, 0) is 74.1 Å². The van der Waals surface area contributed by atoms with Crippen molar-refractivity contribution in [1.82, 2.24) is 10.3 Å². The highest BCUT2D eigenvalue weighted by Crippen LogP contribution is 2.52. The number of allylic oxidation sites excluding steroid dienone is 2. The Labute approximate surface area is 159 Å². The molecule has 4 atom stereocenters. The van der Waals surface area contributed by atoms with E-state index in [1.807, 2.05) is 6.07 Å². The van der Waals surface area contributed by atoms with Gasteiger partial charge in [-0.25, -0.2) is 0 Å². The van der Waals surface area contributed by atoms with Crippen LogP contribution in [0.5, 0.6) is 0 Å². The van der Waals surface area contributed by atoms with Crippen LogP contribution < -0.4 is 5.32 Å². The van der Waals surface area contributed by atoms with Gasteiger partial charge in [-0.2, -0.15) is 0 Å². The molecular formula is C22H25ClN2O. The van der Waals surface area contributed by atoms with E-state index in [-0.39, 0.29) is 17.4 Å². The van der Waals surface area contributed by atoms with E-state index in [9.17, 15) is 4.79 Å². The smallest absolute Gasteiger partial charge is 0.226 e. The monoisotopic (exact) mass is 368 g/mol. The van der Waals surface area contributed by atoms with Crippen molar-refractivity contribution in [2.45, 2.75) is 52.0 Å². The zero-order valence-electron chi connectivity index (χ0n) is 15.4. The van der Waals surface area contributed by atoms with Crippen molar-refractivity contribution in [3.63, 3.8) is 0 Å². The first-order valence-electron chi connectivity index (χ1n) is 9.73. The molecule has 0 aliphatic heterocycles. The van der Waals surface area contributed by atoms with Crippen LogP contribution in [0.3, 0.4) is 0 Å². The summed E-state index contributed by atoms with van der Waals surface area (Å²) in [4.78, 5) is 16.7. The maximum Gasteiger partial charge on any atom is 0.226 e. The summed E-state index contributed by atoms with van der Waals surface area (Å²) in [5.41, 5.74) is 4.80. The third-order valence-corrected chi connectivity index (χ3v) is 7.21. The van der Waals surface area contributed by atoms with E-state index < -0.39 is 0 Å². The molecule has 1 fully saturated rings. The number of aromatic amines is 1. The lowest BCUT2D eigenvalue weighted by atomic mass is 9.76. The fourth-order valence-electron chi connectivity index (χ4n) is 5.48. The van der Waals surface area contributed by atoms with Crippen molar-refractivity contribution >= 4 is 28.4 Å². The van der Waals surface area contributed by atoms with Crippen LogP contribution in [0.1, 0.15) is 43.0 Å². The second-order valence-electron chi connectivity index (χ2n) is 8.75. The zero-order chi connectivity index (χ0) is 18.1. The summed E-state index contributed by atoms with van der Waals surface area (Å²) >= 11 is 6.29. The molecule has 1 aromatic heterocycles. The van der Waals surface area contributed by atoms with Gasteiger partial charge in [0.15, 0.2) is 0 Å². The second kappa shape index (κ2) is 5.63. The first kappa shape index (κ1) is 16.4. The second-order valence-corrected chi connectivity index (χ2v) is 9.19. The maximum atomic E-state index is 13.1. The fourth-order valence-corrected chi connectivity index (χ4v) is 5.75. The first-order valence-corrected chi connectivity index (χ1v) is 10.1. The molecule has 2 N–H and O–H groups in total. The third-order valence-electron chi connectivity index (χ3n) is 6.99. The van der Waals surface area contributed by atoms with Gasteiger partial charge >= 0.3 is 0 Å². The van der Waals surface area contributed by atoms with E-state index >= 15 is 0 Å². The summed E-state index contributed by atoms with van der Waals surface area (Å²) in [7, 11) is 0. The van der Waals surface area contributed by atoms with Crippen LogP contribution in [-0.4, -0.2) is 16.9 Å². The number of benzene rings is 1. The minimum absolute atomic E-state index is 0.216. The number of aryl methyl sites for hydroxylation is 2. The Kier molecular flexibility index (Phi) is 3.56. The highest BCUT2D eigenvalue weighted by molar-refractivity contribution is 6.31. The van der Waals surface area contributed by atoms with Gasteiger partial charge in [-0.15, -0.1) is 0 Å². The van der Waals surface area contributed by atoms with Crippen LogP contribution in [0.4, 0.5) is 0 Å². The molecule has 2 bridgehead atoms. The van der Waals surface area contributed by atoms with Crippen molar-refractivity contribution < 1.29 is 4.79 Å². The van der Waals surface area contributed by atoms with Gasteiger partial charge in [0, 0.05) is 27.7 Å². The van der Waals surface area contributed by atoms with Crippen molar-refractivity contribution in [3.05, 3.63) is 46.1 Å². The predicted molar refractivity (Wildman–Crippen MR) is 105 cm³/mol. The van der Waals surface area contributed by atoms with Crippen molar-refractivity contribution in [2.24, 2.45) is 17.3 Å². The van der Waals surface area contributed by atoms with Crippen LogP contribution in [-0.2, 0) is 17.6 Å². The average Bonchev–Trinajstić information content (AvgIpc) is 3.28. The molecule has 1 amide bonds. The molecule has 0 spiro atoms. The number of fused-ring (bicyclic) bond motifs is 5. The minimum Gasteiger partial charge on any atom is -0.358 e. The molecule has 2 aromatic rings. The molecule has 1 saturated carbocycles. The number of carbonyl (C=O) groups excluding carboxylic acids is 1. The Morgan fingerprint density at radius 3 is 2.92 bits per heavy atom. The Hall–Kier alpha value is -1.74. The molecule has 4 heteroatoms. The number of aromatic nitrogens is 1. The van der Waals surface area contributed by atoms with Crippen molar-refractivity contribution in [3.8, 4) is 0 Å². The Balaban J connectivity index is 1.39. The lowest BCUT2D eigenvalue weighted by Crippen LogP contribution is -2.47. The van der Waals surface area contributed by atoms with Crippen molar-refractivity contribution in [2.75, 3.05) is 0 Å². The highest BCUT2D eigenvalue weighted by Gasteiger charge is 2.50. The van der Waals surface area contributed by atoms with Crippen LogP contribution in [0.2, 0.25) is 5.02 Å². The standard InChI is InChI=1S/C22H25ClN2O/c1-12-7-15(23)9-18-17-10-16(5-6-19(17)25-20(12)18)24-21(26)22(2)11-13-3-4-14(22)8-13/h3-4,7,9,13-14,16,25H,5-6,8,10-11H2,1-2H3,(H,24,26)/t13-,14+,16?,22-/m0/s1. The molecule has 0 saturated heterocycles. The van der Waals surface area contributed by atoms with E-state index in [2.05, 4.69) is 42.4 Å². The average molecular weight is 369 g/mol. The van der Waals surface area contributed by atoms with Gasteiger partial charge in [0.1, 0.15) is 0 Å². The molecule has 1 unspecified atom stereocenters. The summed E-state index contributed by atoms with van der Waals surface area (Å²) in [6.45, 7) is 4.25. The molecule has 3 aliphatic carbocycles. The van der Waals surface area contributed by atoms with Gasteiger partial charge in [0.05, 0.1) is 5.41 Å². The topological polar surface area (TPSA) is 44.9 Å². The largest absolute Gasteiger partial charge is 0.358 e. The van der Waals surface area contributed by atoms with E-state index in [1.54, 1.807) is 0 Å². The fraction of sp³-hybridized carbons (Fsp3) is 0.500. The van der Waals surface area contributed by atoms with Gasteiger partial charge in [0.2, 0.25) is 5.91 Å². The van der Waals surface area contributed by atoms with Gasteiger partial charge < -0.3 is 10.3 Å². The number of amides is 1.